The minimum absolute atomic E-state index is 0.00126. The van der Waals surface area contributed by atoms with Crippen molar-refractivity contribution in [2.75, 3.05) is 32.7 Å². The maximum absolute atomic E-state index is 12.7. The molecule has 0 saturated heterocycles. The summed E-state index contributed by atoms with van der Waals surface area (Å²) < 4.78 is 15.8. The minimum atomic E-state index is -0.672. The highest BCUT2D eigenvalue weighted by atomic mass is 16.5. The number of benzene rings is 3. The lowest BCUT2D eigenvalue weighted by Gasteiger charge is -2.11. The molecule has 3 rings (SSSR count). The van der Waals surface area contributed by atoms with E-state index in [2.05, 4.69) is 10.2 Å². The van der Waals surface area contributed by atoms with Crippen molar-refractivity contribution in [2.24, 2.45) is 10.2 Å². The summed E-state index contributed by atoms with van der Waals surface area (Å²) in [6.45, 7) is 2.25. The summed E-state index contributed by atoms with van der Waals surface area (Å²) in [5.74, 6) is -1.23. The van der Waals surface area contributed by atoms with Crippen LogP contribution < -0.4 is 14.4 Å². The van der Waals surface area contributed by atoms with Gasteiger partial charge in [-0.15, -0.1) is 5.11 Å². The molecule has 9 nitrogen and oxygen atoms in total. The van der Waals surface area contributed by atoms with E-state index in [0.717, 1.165) is 18.5 Å². The van der Waals surface area contributed by atoms with Crippen LogP contribution in [0.4, 0.5) is 17.1 Å². The Bertz CT molecular complexity index is 1240. The largest absolute Gasteiger partial charge is 0.507 e. The molecule has 0 spiro atoms. The zero-order valence-corrected chi connectivity index (χ0v) is 20.7. The van der Waals surface area contributed by atoms with Crippen LogP contribution in [0.5, 0.6) is 17.2 Å². The highest BCUT2D eigenvalue weighted by molar-refractivity contribution is 5.94. The average molecular weight is 492 g/mol. The molecule has 0 saturated carbocycles. The van der Waals surface area contributed by atoms with Crippen LogP contribution in [0.25, 0.3) is 0 Å². The highest BCUT2D eigenvalue weighted by Crippen LogP contribution is 2.31. The number of nitrogens with zero attached hydrogens (tertiary/aromatic N) is 3. The summed E-state index contributed by atoms with van der Waals surface area (Å²) in [4.78, 5) is 26.7. The molecule has 1 N–H and O–H groups in total. The Hall–Kier alpha value is -4.40. The van der Waals surface area contributed by atoms with E-state index in [-0.39, 0.29) is 29.2 Å². The van der Waals surface area contributed by atoms with Gasteiger partial charge in [-0.1, -0.05) is 13.3 Å². The molecule has 0 fully saturated rings. The maximum atomic E-state index is 12.7. The van der Waals surface area contributed by atoms with Crippen LogP contribution in [-0.4, -0.2) is 44.9 Å². The Labute approximate surface area is 209 Å². The van der Waals surface area contributed by atoms with Gasteiger partial charge in [0.05, 0.1) is 25.0 Å². The lowest BCUT2D eigenvalue weighted by atomic mass is 10.2. The van der Waals surface area contributed by atoms with Crippen molar-refractivity contribution in [1.82, 2.24) is 0 Å². The van der Waals surface area contributed by atoms with Gasteiger partial charge < -0.3 is 24.2 Å². The van der Waals surface area contributed by atoms with E-state index < -0.39 is 11.9 Å². The fourth-order valence-electron chi connectivity index (χ4n) is 3.12. The molecule has 0 aromatic heterocycles. The van der Waals surface area contributed by atoms with Crippen LogP contribution in [-0.2, 0) is 4.74 Å². The van der Waals surface area contributed by atoms with Crippen LogP contribution in [0.2, 0.25) is 0 Å². The van der Waals surface area contributed by atoms with Crippen LogP contribution >= 0.6 is 0 Å². The third-order valence-electron chi connectivity index (χ3n) is 5.19. The summed E-state index contributed by atoms with van der Waals surface area (Å²) in [5, 5.41) is 18.6. The molecule has 0 radical (unpaired) electrons. The van der Waals surface area contributed by atoms with Crippen molar-refractivity contribution in [2.45, 2.75) is 19.8 Å². The normalized spacial score (nSPS) is 10.8. The number of anilines is 1. The lowest BCUT2D eigenvalue weighted by Crippen LogP contribution is -2.10. The van der Waals surface area contributed by atoms with Gasteiger partial charge in [-0.25, -0.2) is 9.59 Å². The third kappa shape index (κ3) is 6.82. The van der Waals surface area contributed by atoms with Gasteiger partial charge in [0.1, 0.15) is 28.5 Å². The first kappa shape index (κ1) is 26.2. The number of unbranched alkanes of at least 4 members (excludes halogenated alkanes) is 1. The van der Waals surface area contributed by atoms with Crippen molar-refractivity contribution in [3.8, 4) is 17.2 Å². The second-order valence-electron chi connectivity index (χ2n) is 8.06. The zero-order valence-electron chi connectivity index (χ0n) is 20.7. The van der Waals surface area contributed by atoms with Gasteiger partial charge in [-0.2, -0.15) is 5.11 Å². The standard InChI is InChI=1S/C27H29N3O6/c1-5-6-15-35-27(33)22-13-12-21(17-24(22)31)36-26(32)18-7-14-23(25(16-18)34-4)29-28-19-8-10-20(11-9-19)30(2)3/h7-14,16-17,31H,5-6,15H2,1-4H3/b29-28+. The van der Waals surface area contributed by atoms with Crippen molar-refractivity contribution in [3.05, 3.63) is 71.8 Å². The van der Waals surface area contributed by atoms with E-state index in [0.29, 0.717) is 17.1 Å². The number of hydrogen-bond acceptors (Lipinski definition) is 9. The Morgan fingerprint density at radius 2 is 1.69 bits per heavy atom. The molecule has 3 aromatic carbocycles. The molecule has 3 aromatic rings. The summed E-state index contributed by atoms with van der Waals surface area (Å²) in [6, 6.07) is 16.1. The summed E-state index contributed by atoms with van der Waals surface area (Å²) in [6.07, 6.45) is 1.61. The van der Waals surface area contributed by atoms with Crippen LogP contribution in [0.3, 0.4) is 0 Å². The molecule has 36 heavy (non-hydrogen) atoms. The van der Waals surface area contributed by atoms with Gasteiger partial charge in [0, 0.05) is 25.8 Å². The van der Waals surface area contributed by atoms with Crippen LogP contribution in [0.1, 0.15) is 40.5 Å². The van der Waals surface area contributed by atoms with Gasteiger partial charge >= 0.3 is 11.9 Å². The van der Waals surface area contributed by atoms with Gasteiger partial charge in [-0.05, 0) is 61.0 Å². The fraction of sp³-hybridized carbons (Fsp3) is 0.259. The van der Waals surface area contributed by atoms with E-state index in [1.807, 2.05) is 50.2 Å². The number of carbonyl (C=O) groups excluding carboxylic acids is 2. The van der Waals surface area contributed by atoms with E-state index in [4.69, 9.17) is 14.2 Å². The second-order valence-corrected chi connectivity index (χ2v) is 8.06. The molecular weight excluding hydrogens is 462 g/mol. The predicted molar refractivity (Wildman–Crippen MR) is 136 cm³/mol. The number of ether oxygens (including phenoxy) is 3. The van der Waals surface area contributed by atoms with Gasteiger partial charge in [0.25, 0.3) is 0 Å². The van der Waals surface area contributed by atoms with Crippen LogP contribution in [0, 0.1) is 0 Å². The average Bonchev–Trinajstić information content (AvgIpc) is 2.87. The van der Waals surface area contributed by atoms with Crippen molar-refractivity contribution in [1.29, 1.82) is 0 Å². The summed E-state index contributed by atoms with van der Waals surface area (Å²) in [5.41, 5.74) is 2.37. The monoisotopic (exact) mass is 491 g/mol. The number of methoxy groups -OCH3 is 1. The van der Waals surface area contributed by atoms with E-state index in [9.17, 15) is 14.7 Å². The number of hydrogen-bond donors (Lipinski definition) is 1. The predicted octanol–water partition coefficient (Wildman–Crippen LogP) is 6.06. The van der Waals surface area contributed by atoms with Crippen molar-refractivity contribution in [3.63, 3.8) is 0 Å². The van der Waals surface area contributed by atoms with Gasteiger partial charge in [0.2, 0.25) is 0 Å². The van der Waals surface area contributed by atoms with E-state index in [1.165, 1.54) is 37.4 Å². The molecular formula is C27H29N3O6. The molecule has 0 amide bonds. The first-order valence-corrected chi connectivity index (χ1v) is 11.4. The van der Waals surface area contributed by atoms with Crippen molar-refractivity contribution < 1.29 is 28.9 Å². The Kier molecular flexibility index (Phi) is 8.99. The molecule has 0 unspecified atom stereocenters. The molecule has 0 aliphatic heterocycles. The molecule has 0 bridgehead atoms. The lowest BCUT2D eigenvalue weighted by molar-refractivity contribution is 0.0496. The summed E-state index contributed by atoms with van der Waals surface area (Å²) >= 11 is 0. The Morgan fingerprint density at radius 1 is 0.944 bits per heavy atom. The minimum Gasteiger partial charge on any atom is -0.507 e. The first-order chi connectivity index (χ1) is 17.3. The fourth-order valence-corrected chi connectivity index (χ4v) is 3.12. The summed E-state index contributed by atoms with van der Waals surface area (Å²) in [7, 11) is 5.38. The number of rotatable bonds is 10. The molecule has 0 aliphatic carbocycles. The quantitative estimate of drug-likeness (QED) is 0.159. The SMILES string of the molecule is CCCCOC(=O)c1ccc(OC(=O)c2ccc(/N=N/c3ccc(N(C)C)cc3)c(OC)c2)cc1O. The smallest absolute Gasteiger partial charge is 0.343 e. The number of esters is 2. The molecule has 0 atom stereocenters. The van der Waals surface area contributed by atoms with Crippen LogP contribution in [0.15, 0.2) is 70.9 Å². The highest BCUT2D eigenvalue weighted by Gasteiger charge is 2.17. The molecule has 188 valence electrons. The number of azo groups is 1. The zero-order chi connectivity index (χ0) is 26.1. The Balaban J connectivity index is 1.69. The van der Waals surface area contributed by atoms with Gasteiger partial charge in [0.15, 0.2) is 0 Å². The Morgan fingerprint density at radius 3 is 2.33 bits per heavy atom. The molecule has 0 heterocycles. The molecule has 0 aliphatic rings. The topological polar surface area (TPSA) is 110 Å². The maximum Gasteiger partial charge on any atom is 0.343 e. The van der Waals surface area contributed by atoms with E-state index >= 15 is 0 Å². The number of phenolic OH excluding ortho intramolecular Hbond substituents is 1. The molecule has 9 heteroatoms. The second kappa shape index (κ2) is 12.3. The number of phenols is 1. The number of aromatic hydroxyl groups is 1. The third-order valence-corrected chi connectivity index (χ3v) is 5.19. The van der Waals surface area contributed by atoms with Crippen molar-refractivity contribution >= 4 is 29.0 Å². The first-order valence-electron chi connectivity index (χ1n) is 11.4. The van der Waals surface area contributed by atoms with E-state index in [1.54, 1.807) is 6.07 Å². The number of carbonyl (C=O) groups is 2. The van der Waals surface area contributed by atoms with Gasteiger partial charge in [-0.3, -0.25) is 0 Å².